The largest absolute Gasteiger partial charge is 0.212 e. The standard InChI is InChI=1S/C24H40F2Si2/c1-17-7-11-27(12-8-17)28-13-9-19(10-14-28)20-4-6-22(24(26)16-20)21-5-3-18(2)15-23(21)25/h17-20,27-28H,3-16H2,1-2H3. The molecular weight excluding hydrogens is 382 g/mol. The van der Waals surface area contributed by atoms with Crippen molar-refractivity contribution in [2.45, 2.75) is 102 Å². The summed E-state index contributed by atoms with van der Waals surface area (Å²) < 4.78 is 29.4. The summed E-state index contributed by atoms with van der Waals surface area (Å²) in [6.45, 7) is 4.55. The van der Waals surface area contributed by atoms with Crippen LogP contribution in [0.3, 0.4) is 0 Å². The Balaban J connectivity index is 1.32. The molecule has 0 N–H and O–H groups in total. The van der Waals surface area contributed by atoms with Gasteiger partial charge < -0.3 is 0 Å². The zero-order valence-corrected chi connectivity index (χ0v) is 20.4. The van der Waals surface area contributed by atoms with Gasteiger partial charge in [-0.15, -0.1) is 0 Å². The van der Waals surface area contributed by atoms with Crippen LogP contribution in [0.4, 0.5) is 8.78 Å². The summed E-state index contributed by atoms with van der Waals surface area (Å²) >= 11 is 0. The van der Waals surface area contributed by atoms with Crippen LogP contribution < -0.4 is 0 Å². The molecule has 0 nitrogen and oxygen atoms in total. The van der Waals surface area contributed by atoms with E-state index in [9.17, 15) is 4.39 Å². The predicted octanol–water partition coefficient (Wildman–Crippen LogP) is 7.43. The van der Waals surface area contributed by atoms with E-state index in [0.29, 0.717) is 24.7 Å². The van der Waals surface area contributed by atoms with E-state index < -0.39 is 8.31 Å². The van der Waals surface area contributed by atoms with Crippen molar-refractivity contribution in [2.75, 3.05) is 0 Å². The Labute approximate surface area is 174 Å². The average Bonchev–Trinajstić information content (AvgIpc) is 2.69. The summed E-state index contributed by atoms with van der Waals surface area (Å²) in [5.74, 6) is 2.74. The van der Waals surface area contributed by atoms with Crippen molar-refractivity contribution in [3.05, 3.63) is 22.8 Å². The molecule has 2 fully saturated rings. The van der Waals surface area contributed by atoms with Crippen molar-refractivity contribution >= 4 is 16.6 Å². The Bertz CT molecular complexity index is 610. The zero-order chi connectivity index (χ0) is 19.7. The summed E-state index contributed by atoms with van der Waals surface area (Å²) in [5, 5.41) is 0. The van der Waals surface area contributed by atoms with Gasteiger partial charge in [-0.05, 0) is 60.5 Å². The van der Waals surface area contributed by atoms with Crippen molar-refractivity contribution in [3.63, 3.8) is 0 Å². The lowest BCUT2D eigenvalue weighted by Crippen LogP contribution is -2.41. The molecule has 2 heterocycles. The molecule has 2 aliphatic heterocycles. The first-order valence-electron chi connectivity index (χ1n) is 12.3. The fraction of sp³-hybridized carbons (Fsp3) is 0.833. The topological polar surface area (TPSA) is 0 Å². The molecule has 0 bridgehead atoms. The fourth-order valence-electron chi connectivity index (χ4n) is 6.86. The van der Waals surface area contributed by atoms with Gasteiger partial charge in [-0.25, -0.2) is 8.78 Å². The van der Waals surface area contributed by atoms with Gasteiger partial charge >= 0.3 is 0 Å². The zero-order valence-electron chi connectivity index (χ0n) is 18.1. The van der Waals surface area contributed by atoms with Crippen LogP contribution >= 0.6 is 0 Å². The summed E-state index contributed by atoms with van der Waals surface area (Å²) in [4.78, 5) is 0. The number of hydrogen-bond acceptors (Lipinski definition) is 0. The highest BCUT2D eigenvalue weighted by atomic mass is 29.2. The van der Waals surface area contributed by atoms with Crippen LogP contribution in [-0.4, -0.2) is 16.6 Å². The van der Waals surface area contributed by atoms with E-state index in [4.69, 9.17) is 0 Å². The van der Waals surface area contributed by atoms with E-state index in [-0.39, 0.29) is 20.0 Å². The highest BCUT2D eigenvalue weighted by molar-refractivity contribution is 7.22. The van der Waals surface area contributed by atoms with Gasteiger partial charge in [0.2, 0.25) is 0 Å². The van der Waals surface area contributed by atoms with Crippen LogP contribution in [0.1, 0.15) is 78.1 Å². The molecule has 4 aliphatic rings. The molecule has 2 aliphatic carbocycles. The first-order chi connectivity index (χ1) is 13.5. The minimum absolute atomic E-state index is 0.0133. The first-order valence-corrected chi connectivity index (χ1v) is 18.2. The lowest BCUT2D eigenvalue weighted by Gasteiger charge is -2.39. The Hall–Kier alpha value is -0.226. The Morgan fingerprint density at radius 2 is 1.14 bits per heavy atom. The van der Waals surface area contributed by atoms with Gasteiger partial charge in [-0.2, -0.15) is 0 Å². The van der Waals surface area contributed by atoms with Gasteiger partial charge in [0.25, 0.3) is 0 Å². The third-order valence-electron chi connectivity index (χ3n) is 8.85. The third kappa shape index (κ3) is 4.74. The van der Waals surface area contributed by atoms with Crippen molar-refractivity contribution in [1.29, 1.82) is 0 Å². The molecule has 4 rings (SSSR count). The molecule has 0 aromatic rings. The van der Waals surface area contributed by atoms with E-state index in [1.54, 1.807) is 24.2 Å². The van der Waals surface area contributed by atoms with Crippen molar-refractivity contribution in [3.8, 4) is 0 Å². The monoisotopic (exact) mass is 422 g/mol. The van der Waals surface area contributed by atoms with Crippen LogP contribution in [0.2, 0.25) is 24.2 Å². The third-order valence-corrected chi connectivity index (χ3v) is 22.5. The summed E-state index contributed by atoms with van der Waals surface area (Å²) in [5.41, 5.74) is 1.52. The van der Waals surface area contributed by atoms with E-state index in [1.165, 1.54) is 25.7 Å². The Kier molecular flexibility index (Phi) is 6.97. The minimum atomic E-state index is -0.417. The molecule has 28 heavy (non-hydrogen) atoms. The molecule has 4 heteroatoms. The van der Waals surface area contributed by atoms with Gasteiger partial charge in [0.1, 0.15) is 11.7 Å². The molecule has 0 saturated carbocycles. The van der Waals surface area contributed by atoms with Gasteiger partial charge in [0.05, 0.1) is 0 Å². The van der Waals surface area contributed by atoms with Crippen molar-refractivity contribution in [2.24, 2.45) is 23.7 Å². The second kappa shape index (κ2) is 9.28. The van der Waals surface area contributed by atoms with Crippen molar-refractivity contribution in [1.82, 2.24) is 0 Å². The second-order valence-corrected chi connectivity index (χ2v) is 21.8. The number of hydrogen-bond donors (Lipinski definition) is 0. The summed E-state index contributed by atoms with van der Waals surface area (Å²) in [7, 11) is -0.780. The Morgan fingerprint density at radius 1 is 0.607 bits per heavy atom. The minimum Gasteiger partial charge on any atom is -0.212 e. The lowest BCUT2D eigenvalue weighted by atomic mass is 9.74. The fourth-order valence-corrected chi connectivity index (χ4v) is 21.0. The summed E-state index contributed by atoms with van der Waals surface area (Å²) in [6.07, 6.45) is 10.6. The highest BCUT2D eigenvalue weighted by Crippen LogP contribution is 2.46. The Morgan fingerprint density at radius 3 is 1.71 bits per heavy atom. The van der Waals surface area contributed by atoms with E-state index in [2.05, 4.69) is 13.8 Å². The smallest absolute Gasteiger partial charge is 0.104 e. The normalized spacial score (nSPS) is 40.7. The van der Waals surface area contributed by atoms with Crippen LogP contribution in [0.15, 0.2) is 22.8 Å². The maximum absolute atomic E-state index is 15.0. The molecule has 0 aromatic heterocycles. The highest BCUT2D eigenvalue weighted by Gasteiger charge is 2.36. The van der Waals surface area contributed by atoms with Gasteiger partial charge in [0.15, 0.2) is 0 Å². The van der Waals surface area contributed by atoms with E-state index in [1.807, 2.05) is 0 Å². The maximum Gasteiger partial charge on any atom is 0.104 e. The number of allylic oxidation sites excluding steroid dienone is 4. The quantitative estimate of drug-likeness (QED) is 0.415. The molecule has 0 radical (unpaired) electrons. The SMILES string of the molecule is CC1CC[SiH]([SiH]2CCC(C3CCC(C4=C(F)CC(C)CC4)=C(F)C3)CC2)CC1. The molecule has 0 spiro atoms. The first kappa shape index (κ1) is 21.0. The molecular formula is C24H40F2Si2. The van der Waals surface area contributed by atoms with Crippen LogP contribution in [0.5, 0.6) is 0 Å². The van der Waals surface area contributed by atoms with Crippen LogP contribution in [0, 0.1) is 23.7 Å². The molecule has 2 saturated heterocycles. The summed E-state index contributed by atoms with van der Waals surface area (Å²) in [6, 6.07) is 6.43. The number of rotatable bonds is 3. The second-order valence-electron chi connectivity index (χ2n) is 10.8. The average molecular weight is 423 g/mol. The molecule has 2 unspecified atom stereocenters. The van der Waals surface area contributed by atoms with Crippen LogP contribution in [-0.2, 0) is 0 Å². The van der Waals surface area contributed by atoms with Crippen molar-refractivity contribution < 1.29 is 8.78 Å². The lowest BCUT2D eigenvalue weighted by molar-refractivity contribution is 0.256. The van der Waals surface area contributed by atoms with Gasteiger partial charge in [-0.1, -0.05) is 63.7 Å². The molecule has 0 amide bonds. The predicted molar refractivity (Wildman–Crippen MR) is 121 cm³/mol. The van der Waals surface area contributed by atoms with E-state index >= 15 is 4.39 Å². The van der Waals surface area contributed by atoms with Gasteiger partial charge in [-0.3, -0.25) is 0 Å². The molecule has 2 atom stereocenters. The van der Waals surface area contributed by atoms with Crippen LogP contribution in [0.25, 0.3) is 0 Å². The van der Waals surface area contributed by atoms with E-state index in [0.717, 1.165) is 48.7 Å². The molecule has 0 aromatic carbocycles. The maximum atomic E-state index is 15.0. The number of halogens is 2. The molecule has 158 valence electrons. The van der Waals surface area contributed by atoms with Gasteiger partial charge in [0, 0.05) is 29.5 Å².